The van der Waals surface area contributed by atoms with E-state index >= 15 is 0 Å². The van der Waals surface area contributed by atoms with Crippen molar-refractivity contribution in [3.8, 4) is 0 Å². The summed E-state index contributed by atoms with van der Waals surface area (Å²) in [6.45, 7) is 2.35. The van der Waals surface area contributed by atoms with Crippen molar-refractivity contribution >= 4 is 0 Å². The molecule has 0 aliphatic carbocycles. The van der Waals surface area contributed by atoms with Gasteiger partial charge in [0.2, 0.25) is 0 Å². The molecule has 5 atom stereocenters. The minimum Gasteiger partial charge on any atom is -0.394 e. The molecule has 0 radical (unpaired) electrons. The van der Waals surface area contributed by atoms with Crippen molar-refractivity contribution < 1.29 is 24.8 Å². The minimum atomic E-state index is -1.18. The fourth-order valence-corrected chi connectivity index (χ4v) is 2.69. The maximum Gasteiger partial charge on any atom is 0.175 e. The molecule has 6 heteroatoms. The van der Waals surface area contributed by atoms with Crippen LogP contribution in [0.4, 0.5) is 0 Å². The molecule has 1 saturated heterocycles. The molecule has 132 valence electrons. The second kappa shape index (κ2) is 11.3. The number of hydrogen-bond donors (Lipinski definition) is 4. The summed E-state index contributed by atoms with van der Waals surface area (Å²) in [5.74, 6) is 0. The van der Waals surface area contributed by atoms with Gasteiger partial charge in [0.1, 0.15) is 18.3 Å². The van der Waals surface area contributed by atoms with Crippen LogP contribution < -0.4 is 5.73 Å². The van der Waals surface area contributed by atoms with Crippen LogP contribution in [0.5, 0.6) is 0 Å². The van der Waals surface area contributed by atoms with Crippen molar-refractivity contribution in [3.05, 3.63) is 0 Å². The molecule has 0 spiro atoms. The van der Waals surface area contributed by atoms with Crippen molar-refractivity contribution in [1.82, 2.24) is 0 Å². The first-order valence-corrected chi connectivity index (χ1v) is 8.61. The van der Waals surface area contributed by atoms with Gasteiger partial charge in [0, 0.05) is 6.61 Å². The molecule has 0 aromatic heterocycles. The van der Waals surface area contributed by atoms with Crippen LogP contribution in [0, 0.1) is 0 Å². The van der Waals surface area contributed by atoms with Gasteiger partial charge < -0.3 is 30.5 Å². The van der Waals surface area contributed by atoms with Gasteiger partial charge in [0.05, 0.1) is 12.6 Å². The summed E-state index contributed by atoms with van der Waals surface area (Å²) in [7, 11) is 0. The van der Waals surface area contributed by atoms with E-state index < -0.39 is 30.6 Å². The first-order chi connectivity index (χ1) is 10.6. The summed E-state index contributed by atoms with van der Waals surface area (Å²) in [5.41, 5.74) is 5.80. The van der Waals surface area contributed by atoms with Crippen molar-refractivity contribution in [2.45, 2.75) is 88.9 Å². The molecule has 0 aromatic carbocycles. The van der Waals surface area contributed by atoms with Gasteiger partial charge >= 0.3 is 0 Å². The van der Waals surface area contributed by atoms with Crippen LogP contribution in [0.1, 0.15) is 58.3 Å². The number of hydrogen-bond acceptors (Lipinski definition) is 6. The molecule has 1 heterocycles. The van der Waals surface area contributed by atoms with Crippen LogP contribution in [0.25, 0.3) is 0 Å². The lowest BCUT2D eigenvalue weighted by Crippen LogP contribution is -2.62. The third-order valence-corrected chi connectivity index (χ3v) is 4.21. The summed E-state index contributed by atoms with van der Waals surface area (Å²) < 4.78 is 11.0. The number of aliphatic hydroxyl groups excluding tert-OH is 3. The highest BCUT2D eigenvalue weighted by molar-refractivity contribution is 4.91. The standard InChI is InChI=1S/C16H33NO5/c1-2-3-4-5-6-7-8-9-10-21-16-13(17)15(20)14(19)12(11-18)22-16/h12-16,18-20H,2-11,17H2,1H3/t12-,13-,14-,15-,16-/m1/s1. The summed E-state index contributed by atoms with van der Waals surface area (Å²) in [6.07, 6.45) is 5.74. The fraction of sp³-hybridized carbons (Fsp3) is 1.00. The molecular formula is C16H33NO5. The van der Waals surface area contributed by atoms with E-state index in [1.807, 2.05) is 0 Å². The summed E-state index contributed by atoms with van der Waals surface area (Å²) in [4.78, 5) is 0. The van der Waals surface area contributed by atoms with E-state index in [0.29, 0.717) is 6.61 Å². The van der Waals surface area contributed by atoms with Crippen LogP contribution in [0.3, 0.4) is 0 Å². The average molecular weight is 319 g/mol. The molecule has 0 amide bonds. The van der Waals surface area contributed by atoms with Gasteiger partial charge in [-0.1, -0.05) is 51.9 Å². The number of unbranched alkanes of at least 4 members (excludes halogenated alkanes) is 7. The van der Waals surface area contributed by atoms with Gasteiger partial charge in [-0.3, -0.25) is 0 Å². The van der Waals surface area contributed by atoms with Crippen LogP contribution in [0.2, 0.25) is 0 Å². The summed E-state index contributed by atoms with van der Waals surface area (Å²) >= 11 is 0. The molecule has 0 bridgehead atoms. The Morgan fingerprint density at radius 2 is 1.55 bits per heavy atom. The van der Waals surface area contributed by atoms with Gasteiger partial charge in [0.15, 0.2) is 6.29 Å². The minimum absolute atomic E-state index is 0.372. The van der Waals surface area contributed by atoms with Gasteiger partial charge in [0.25, 0.3) is 0 Å². The fourth-order valence-electron chi connectivity index (χ4n) is 2.69. The average Bonchev–Trinajstić information content (AvgIpc) is 2.53. The lowest BCUT2D eigenvalue weighted by atomic mass is 9.98. The van der Waals surface area contributed by atoms with Crippen molar-refractivity contribution in [3.63, 3.8) is 0 Å². The number of rotatable bonds is 11. The topological polar surface area (TPSA) is 105 Å². The zero-order chi connectivity index (χ0) is 16.4. The van der Waals surface area contributed by atoms with Crippen LogP contribution in [-0.2, 0) is 9.47 Å². The quantitative estimate of drug-likeness (QED) is 0.422. The van der Waals surface area contributed by atoms with Gasteiger partial charge in [-0.15, -0.1) is 0 Å². The Hall–Kier alpha value is -0.240. The van der Waals surface area contributed by atoms with E-state index in [4.69, 9.17) is 20.3 Å². The monoisotopic (exact) mass is 319 g/mol. The Morgan fingerprint density at radius 1 is 0.955 bits per heavy atom. The molecule has 0 unspecified atom stereocenters. The highest BCUT2D eigenvalue weighted by Gasteiger charge is 2.42. The molecule has 1 aliphatic heterocycles. The Bertz CT molecular complexity index is 277. The third-order valence-electron chi connectivity index (χ3n) is 4.21. The zero-order valence-electron chi connectivity index (χ0n) is 13.7. The van der Waals surface area contributed by atoms with Crippen LogP contribution >= 0.6 is 0 Å². The van der Waals surface area contributed by atoms with E-state index in [9.17, 15) is 10.2 Å². The zero-order valence-corrected chi connectivity index (χ0v) is 13.7. The predicted molar refractivity (Wildman–Crippen MR) is 84.3 cm³/mol. The van der Waals surface area contributed by atoms with E-state index in [-0.39, 0.29) is 6.61 Å². The van der Waals surface area contributed by atoms with E-state index in [0.717, 1.165) is 12.8 Å². The van der Waals surface area contributed by atoms with E-state index in [1.54, 1.807) is 0 Å². The smallest absolute Gasteiger partial charge is 0.175 e. The highest BCUT2D eigenvalue weighted by atomic mass is 16.7. The van der Waals surface area contributed by atoms with Gasteiger partial charge in [-0.25, -0.2) is 0 Å². The summed E-state index contributed by atoms with van der Waals surface area (Å²) in [6, 6.07) is -0.799. The van der Waals surface area contributed by atoms with Gasteiger partial charge in [-0.2, -0.15) is 0 Å². The van der Waals surface area contributed by atoms with E-state index in [1.165, 1.54) is 38.5 Å². The lowest BCUT2D eigenvalue weighted by molar-refractivity contribution is -0.265. The molecule has 1 aliphatic rings. The normalized spacial score (nSPS) is 32.3. The Balaban J connectivity index is 2.11. The van der Waals surface area contributed by atoms with Gasteiger partial charge in [-0.05, 0) is 6.42 Å². The molecular weight excluding hydrogens is 286 g/mol. The van der Waals surface area contributed by atoms with Crippen LogP contribution in [0.15, 0.2) is 0 Å². The second-order valence-electron chi connectivity index (χ2n) is 6.13. The van der Waals surface area contributed by atoms with Crippen molar-refractivity contribution in [2.75, 3.05) is 13.2 Å². The molecule has 1 fully saturated rings. The lowest BCUT2D eigenvalue weighted by Gasteiger charge is -2.40. The van der Waals surface area contributed by atoms with Crippen molar-refractivity contribution in [1.29, 1.82) is 0 Å². The Labute approximate surface area is 133 Å². The van der Waals surface area contributed by atoms with E-state index in [2.05, 4.69) is 6.92 Å². The van der Waals surface area contributed by atoms with Crippen LogP contribution in [-0.4, -0.2) is 59.2 Å². The number of aliphatic hydroxyl groups is 3. The predicted octanol–water partition coefficient (Wildman–Crippen LogP) is 0.910. The largest absolute Gasteiger partial charge is 0.394 e. The highest BCUT2D eigenvalue weighted by Crippen LogP contribution is 2.21. The number of nitrogens with two attached hydrogens (primary N) is 1. The summed E-state index contributed by atoms with van der Waals surface area (Å²) in [5, 5.41) is 28.6. The second-order valence-corrected chi connectivity index (χ2v) is 6.13. The molecule has 0 aromatic rings. The maximum atomic E-state index is 9.82. The first kappa shape index (κ1) is 19.8. The Kier molecular flexibility index (Phi) is 10.2. The third kappa shape index (κ3) is 6.48. The molecule has 22 heavy (non-hydrogen) atoms. The Morgan fingerprint density at radius 3 is 2.14 bits per heavy atom. The molecule has 0 saturated carbocycles. The maximum absolute atomic E-state index is 9.82. The van der Waals surface area contributed by atoms with Crippen molar-refractivity contribution in [2.24, 2.45) is 5.73 Å². The SMILES string of the molecule is CCCCCCCCCCO[C@@H]1O[C@H](CO)[C@@H](O)[C@H](O)[C@H]1N. The molecule has 5 N–H and O–H groups in total. The molecule has 6 nitrogen and oxygen atoms in total. The first-order valence-electron chi connectivity index (χ1n) is 8.61. The molecule has 1 rings (SSSR count). The number of ether oxygens (including phenoxy) is 2.